The lowest BCUT2D eigenvalue weighted by Gasteiger charge is -2.42. The number of hydrogen-bond acceptors (Lipinski definition) is 2. The summed E-state index contributed by atoms with van der Waals surface area (Å²) in [6, 6.07) is 11.4. The van der Waals surface area contributed by atoms with E-state index in [0.717, 1.165) is 26.1 Å². The second kappa shape index (κ2) is 5.19. The van der Waals surface area contributed by atoms with Crippen molar-refractivity contribution in [1.29, 1.82) is 0 Å². The van der Waals surface area contributed by atoms with E-state index in [1.165, 1.54) is 5.56 Å². The van der Waals surface area contributed by atoms with Crippen LogP contribution in [-0.4, -0.2) is 36.1 Å². The molecule has 1 aliphatic rings. The van der Waals surface area contributed by atoms with Crippen molar-refractivity contribution in [2.45, 2.75) is 38.8 Å². The fourth-order valence-electron chi connectivity index (χ4n) is 2.47. The molecule has 94 valence electrons. The topological polar surface area (TPSA) is 15.3 Å². The van der Waals surface area contributed by atoms with Gasteiger partial charge in [0.2, 0.25) is 0 Å². The summed E-state index contributed by atoms with van der Waals surface area (Å²) in [5, 5.41) is 3.63. The quantitative estimate of drug-likeness (QED) is 0.841. The lowest BCUT2D eigenvalue weighted by atomic mass is 9.99. The molecular weight excluding hydrogens is 208 g/mol. The molecule has 1 N–H and O–H groups in total. The highest BCUT2D eigenvalue weighted by Gasteiger charge is 2.27. The Kier molecular flexibility index (Phi) is 3.85. The Labute approximate surface area is 105 Å². The highest BCUT2D eigenvalue weighted by Crippen LogP contribution is 2.16. The van der Waals surface area contributed by atoms with Crippen LogP contribution in [0.15, 0.2) is 30.3 Å². The molecule has 1 aliphatic heterocycles. The van der Waals surface area contributed by atoms with Crippen molar-refractivity contribution in [1.82, 2.24) is 10.2 Å². The van der Waals surface area contributed by atoms with E-state index < -0.39 is 0 Å². The zero-order valence-corrected chi connectivity index (χ0v) is 11.2. The highest BCUT2D eigenvalue weighted by atomic mass is 15.2. The van der Waals surface area contributed by atoms with E-state index in [2.05, 4.69) is 61.3 Å². The van der Waals surface area contributed by atoms with Gasteiger partial charge in [0.05, 0.1) is 0 Å². The average Bonchev–Trinajstić information content (AvgIpc) is 2.29. The van der Waals surface area contributed by atoms with E-state index in [0.29, 0.717) is 6.04 Å². The molecule has 1 aromatic carbocycles. The maximum atomic E-state index is 3.63. The molecule has 0 spiro atoms. The largest absolute Gasteiger partial charge is 0.311 e. The number of piperazine rings is 1. The van der Waals surface area contributed by atoms with Crippen molar-refractivity contribution in [2.24, 2.45) is 0 Å². The average molecular weight is 232 g/mol. The van der Waals surface area contributed by atoms with Crippen molar-refractivity contribution >= 4 is 0 Å². The second-order valence-electron chi connectivity index (χ2n) is 5.96. The van der Waals surface area contributed by atoms with Crippen molar-refractivity contribution < 1.29 is 0 Å². The molecule has 17 heavy (non-hydrogen) atoms. The van der Waals surface area contributed by atoms with Crippen LogP contribution in [0.3, 0.4) is 0 Å². The summed E-state index contributed by atoms with van der Waals surface area (Å²) in [6.07, 6.45) is 1.13. The van der Waals surface area contributed by atoms with Crippen molar-refractivity contribution in [2.75, 3.05) is 19.6 Å². The van der Waals surface area contributed by atoms with E-state index in [4.69, 9.17) is 0 Å². The third-order valence-electron chi connectivity index (χ3n) is 3.53. The predicted molar refractivity (Wildman–Crippen MR) is 73.3 cm³/mol. The summed E-state index contributed by atoms with van der Waals surface area (Å²) in [4.78, 5) is 2.58. The Bertz CT molecular complexity index is 340. The van der Waals surface area contributed by atoms with Crippen LogP contribution >= 0.6 is 0 Å². The molecule has 1 heterocycles. The Morgan fingerprint density at radius 2 is 1.94 bits per heavy atom. The SMILES string of the molecule is CC(C)(C)N1CCN[C@@H](Cc2ccccc2)C1. The monoisotopic (exact) mass is 232 g/mol. The number of hydrogen-bond donors (Lipinski definition) is 1. The number of benzene rings is 1. The summed E-state index contributed by atoms with van der Waals surface area (Å²) < 4.78 is 0. The maximum Gasteiger partial charge on any atom is 0.0236 e. The Morgan fingerprint density at radius 1 is 1.24 bits per heavy atom. The van der Waals surface area contributed by atoms with Gasteiger partial charge in [-0.3, -0.25) is 4.90 Å². The third kappa shape index (κ3) is 3.55. The van der Waals surface area contributed by atoms with E-state index in [1.807, 2.05) is 0 Å². The third-order valence-corrected chi connectivity index (χ3v) is 3.53. The van der Waals surface area contributed by atoms with Crippen LogP contribution in [-0.2, 0) is 6.42 Å². The van der Waals surface area contributed by atoms with Gasteiger partial charge in [0, 0.05) is 31.2 Å². The van der Waals surface area contributed by atoms with Crippen LogP contribution in [0.2, 0.25) is 0 Å². The maximum absolute atomic E-state index is 3.63. The van der Waals surface area contributed by atoms with Gasteiger partial charge in [0.15, 0.2) is 0 Å². The van der Waals surface area contributed by atoms with Gasteiger partial charge in [-0.15, -0.1) is 0 Å². The molecular formula is C15H24N2. The fraction of sp³-hybridized carbons (Fsp3) is 0.600. The molecule has 0 unspecified atom stereocenters. The Balaban J connectivity index is 1.94. The first kappa shape index (κ1) is 12.6. The molecule has 2 heteroatoms. The summed E-state index contributed by atoms with van der Waals surface area (Å²) in [6.45, 7) is 10.3. The molecule has 1 saturated heterocycles. The second-order valence-corrected chi connectivity index (χ2v) is 5.96. The molecule has 2 nitrogen and oxygen atoms in total. The predicted octanol–water partition coefficient (Wildman–Crippen LogP) is 2.30. The van der Waals surface area contributed by atoms with Gasteiger partial charge in [0.25, 0.3) is 0 Å². The minimum atomic E-state index is 0.289. The fourth-order valence-corrected chi connectivity index (χ4v) is 2.47. The molecule has 0 aromatic heterocycles. The van der Waals surface area contributed by atoms with Crippen molar-refractivity contribution in [3.8, 4) is 0 Å². The molecule has 2 rings (SSSR count). The van der Waals surface area contributed by atoms with Gasteiger partial charge in [-0.25, -0.2) is 0 Å². The van der Waals surface area contributed by atoms with E-state index in [9.17, 15) is 0 Å². The molecule has 1 atom stereocenters. The smallest absolute Gasteiger partial charge is 0.0236 e. The molecule has 0 amide bonds. The summed E-state index contributed by atoms with van der Waals surface area (Å²) >= 11 is 0. The first-order valence-electron chi connectivity index (χ1n) is 6.58. The van der Waals surface area contributed by atoms with Crippen molar-refractivity contribution in [3.63, 3.8) is 0 Å². The van der Waals surface area contributed by atoms with Gasteiger partial charge in [0.1, 0.15) is 0 Å². The lowest BCUT2D eigenvalue weighted by Crippen LogP contribution is -2.57. The van der Waals surface area contributed by atoms with Crippen LogP contribution < -0.4 is 5.32 Å². The Hall–Kier alpha value is -0.860. The minimum Gasteiger partial charge on any atom is -0.311 e. The molecule has 1 aromatic rings. The first-order chi connectivity index (χ1) is 8.05. The van der Waals surface area contributed by atoms with E-state index >= 15 is 0 Å². The number of nitrogens with one attached hydrogen (secondary N) is 1. The van der Waals surface area contributed by atoms with Gasteiger partial charge in [-0.05, 0) is 32.8 Å². The first-order valence-corrected chi connectivity index (χ1v) is 6.58. The van der Waals surface area contributed by atoms with E-state index in [-0.39, 0.29) is 5.54 Å². The van der Waals surface area contributed by atoms with Gasteiger partial charge in [-0.2, -0.15) is 0 Å². The van der Waals surface area contributed by atoms with Gasteiger partial charge in [-0.1, -0.05) is 30.3 Å². The Morgan fingerprint density at radius 3 is 2.59 bits per heavy atom. The normalized spacial score (nSPS) is 22.6. The van der Waals surface area contributed by atoms with Crippen LogP contribution in [0.1, 0.15) is 26.3 Å². The van der Waals surface area contributed by atoms with E-state index in [1.54, 1.807) is 0 Å². The van der Waals surface area contributed by atoms with Crippen LogP contribution in [0.5, 0.6) is 0 Å². The molecule has 1 fully saturated rings. The molecule has 0 bridgehead atoms. The molecule has 0 radical (unpaired) electrons. The number of nitrogens with zero attached hydrogens (tertiary/aromatic N) is 1. The standard InChI is InChI=1S/C15H24N2/c1-15(2,3)17-10-9-16-14(12-17)11-13-7-5-4-6-8-13/h4-8,14,16H,9-12H2,1-3H3/t14-/m0/s1. The summed E-state index contributed by atoms with van der Waals surface area (Å²) in [5.74, 6) is 0. The zero-order chi connectivity index (χ0) is 12.3. The molecule has 0 aliphatic carbocycles. The van der Waals surface area contributed by atoms with Crippen LogP contribution in [0, 0.1) is 0 Å². The highest BCUT2D eigenvalue weighted by molar-refractivity contribution is 5.16. The number of rotatable bonds is 2. The van der Waals surface area contributed by atoms with Crippen LogP contribution in [0.4, 0.5) is 0 Å². The van der Waals surface area contributed by atoms with Crippen molar-refractivity contribution in [3.05, 3.63) is 35.9 Å². The zero-order valence-electron chi connectivity index (χ0n) is 11.2. The molecule has 0 saturated carbocycles. The summed E-state index contributed by atoms with van der Waals surface area (Å²) in [7, 11) is 0. The van der Waals surface area contributed by atoms with Gasteiger partial charge < -0.3 is 5.32 Å². The van der Waals surface area contributed by atoms with Crippen LogP contribution in [0.25, 0.3) is 0 Å². The van der Waals surface area contributed by atoms with Gasteiger partial charge >= 0.3 is 0 Å². The lowest BCUT2D eigenvalue weighted by molar-refractivity contribution is 0.0957. The summed E-state index contributed by atoms with van der Waals surface area (Å²) in [5.41, 5.74) is 1.72. The minimum absolute atomic E-state index is 0.289.